The molecule has 12 nitrogen and oxygen atoms in total. The standard InChI is InChI=1S/C32H43BN4O8/c1-20(2)16-23(33-44-31(43)32(45-33,18-27(40)36(4)5)19-28(41)37(6)7)17-26(39)29(21(3)38)35-30(42)25-15-11-14-24(34-25)22-12-9-8-10-13-22/h8-15,20-21,23,29,38H,16-19H2,1-7H3,(H,35,42)/t21-,23-,29+/m1/s1. The van der Waals surface area contributed by atoms with Crippen LogP contribution in [0.1, 0.15) is 56.9 Å². The predicted octanol–water partition coefficient (Wildman–Crippen LogP) is 2.36. The maximum atomic E-state index is 13.7. The Morgan fingerprint density at radius 3 is 2.07 bits per heavy atom. The fourth-order valence-corrected chi connectivity index (χ4v) is 5.09. The summed E-state index contributed by atoms with van der Waals surface area (Å²) in [7, 11) is 4.88. The first kappa shape index (κ1) is 35.4. The van der Waals surface area contributed by atoms with Crippen LogP contribution in [-0.2, 0) is 28.5 Å². The molecule has 0 radical (unpaired) electrons. The van der Waals surface area contributed by atoms with Crippen molar-refractivity contribution in [3.63, 3.8) is 0 Å². The zero-order valence-corrected chi connectivity index (χ0v) is 27.0. The average molecular weight is 623 g/mol. The minimum Gasteiger partial charge on any atom is -0.507 e. The molecule has 0 saturated carbocycles. The third-order valence-electron chi connectivity index (χ3n) is 7.60. The van der Waals surface area contributed by atoms with Crippen molar-refractivity contribution < 1.29 is 38.4 Å². The summed E-state index contributed by atoms with van der Waals surface area (Å²) in [6, 6.07) is 13.0. The number of Topliss-reactive ketones (excluding diaryl/α,β-unsaturated/α-hetero) is 1. The fourth-order valence-electron chi connectivity index (χ4n) is 5.09. The van der Waals surface area contributed by atoms with Gasteiger partial charge >= 0.3 is 13.1 Å². The second-order valence-corrected chi connectivity index (χ2v) is 12.3. The molecule has 1 aromatic carbocycles. The molecule has 1 saturated heterocycles. The van der Waals surface area contributed by atoms with Crippen LogP contribution in [0.2, 0.25) is 5.82 Å². The molecule has 3 atom stereocenters. The van der Waals surface area contributed by atoms with Crippen LogP contribution in [0.25, 0.3) is 11.3 Å². The Morgan fingerprint density at radius 2 is 1.53 bits per heavy atom. The van der Waals surface area contributed by atoms with Crippen molar-refractivity contribution in [2.75, 3.05) is 28.2 Å². The molecule has 242 valence electrons. The molecule has 1 aliphatic rings. The van der Waals surface area contributed by atoms with Gasteiger partial charge < -0.3 is 29.5 Å². The van der Waals surface area contributed by atoms with Gasteiger partial charge in [-0.15, -0.1) is 0 Å². The molecule has 2 aromatic rings. The van der Waals surface area contributed by atoms with E-state index in [2.05, 4.69) is 10.3 Å². The lowest BCUT2D eigenvalue weighted by atomic mass is 9.65. The number of rotatable bonds is 14. The molecule has 3 amide bonds. The Morgan fingerprint density at radius 1 is 0.933 bits per heavy atom. The van der Waals surface area contributed by atoms with Crippen LogP contribution < -0.4 is 5.32 Å². The molecule has 3 rings (SSSR count). The van der Waals surface area contributed by atoms with Gasteiger partial charge in [0.1, 0.15) is 11.7 Å². The summed E-state index contributed by atoms with van der Waals surface area (Å²) in [5.74, 6) is -3.52. The predicted molar refractivity (Wildman–Crippen MR) is 168 cm³/mol. The van der Waals surface area contributed by atoms with Gasteiger partial charge in [0.2, 0.25) is 11.8 Å². The van der Waals surface area contributed by atoms with E-state index in [9.17, 15) is 29.1 Å². The van der Waals surface area contributed by atoms with Gasteiger partial charge in [-0.2, -0.15) is 0 Å². The Kier molecular flexibility index (Phi) is 12.0. The number of aliphatic hydroxyl groups excluding tert-OH is 1. The van der Waals surface area contributed by atoms with Crippen LogP contribution >= 0.6 is 0 Å². The number of hydrogen-bond acceptors (Lipinski definition) is 9. The number of nitrogens with one attached hydrogen (secondary N) is 1. The average Bonchev–Trinajstić information content (AvgIpc) is 3.30. The van der Waals surface area contributed by atoms with E-state index in [0.717, 1.165) is 5.56 Å². The highest BCUT2D eigenvalue weighted by Gasteiger charge is 2.57. The van der Waals surface area contributed by atoms with E-state index in [1.165, 1.54) is 51.0 Å². The molecule has 0 spiro atoms. The number of carbonyl (C=O) groups is 5. The maximum Gasteiger partial charge on any atom is 0.531 e. The van der Waals surface area contributed by atoms with Crippen LogP contribution in [0.3, 0.4) is 0 Å². The summed E-state index contributed by atoms with van der Waals surface area (Å²) in [6.45, 7) is 5.24. The van der Waals surface area contributed by atoms with Crippen molar-refractivity contribution >= 4 is 36.6 Å². The second kappa shape index (κ2) is 15.3. The van der Waals surface area contributed by atoms with Crippen LogP contribution in [-0.4, -0.2) is 102 Å². The van der Waals surface area contributed by atoms with E-state index in [1.54, 1.807) is 12.1 Å². The minimum atomic E-state index is -1.86. The van der Waals surface area contributed by atoms with Gasteiger partial charge in [0, 0.05) is 46.0 Å². The third-order valence-corrected chi connectivity index (χ3v) is 7.60. The van der Waals surface area contributed by atoms with Gasteiger partial charge in [-0.25, -0.2) is 4.98 Å². The maximum absolute atomic E-state index is 13.7. The van der Waals surface area contributed by atoms with Crippen molar-refractivity contribution in [2.24, 2.45) is 5.92 Å². The lowest BCUT2D eigenvalue weighted by Gasteiger charge is -2.28. The van der Waals surface area contributed by atoms with Gasteiger partial charge in [-0.1, -0.05) is 50.2 Å². The summed E-state index contributed by atoms with van der Waals surface area (Å²) in [4.78, 5) is 72.6. The Bertz CT molecular complexity index is 1360. The monoisotopic (exact) mass is 622 g/mol. The number of pyridine rings is 1. The van der Waals surface area contributed by atoms with Gasteiger partial charge in [0.15, 0.2) is 11.4 Å². The van der Waals surface area contributed by atoms with Crippen LogP contribution in [0, 0.1) is 5.92 Å². The highest BCUT2D eigenvalue weighted by atomic mass is 16.7. The number of nitrogens with zero attached hydrogens (tertiary/aromatic N) is 3. The molecule has 13 heteroatoms. The first-order valence-corrected chi connectivity index (χ1v) is 15.0. The summed E-state index contributed by atoms with van der Waals surface area (Å²) in [5.41, 5.74) is -0.403. The fraction of sp³-hybridized carbons (Fsp3) is 0.500. The molecular formula is C32H43BN4O8. The summed E-state index contributed by atoms with van der Waals surface area (Å²) in [5, 5.41) is 13.2. The third kappa shape index (κ3) is 9.21. The molecule has 2 heterocycles. The Balaban J connectivity index is 1.83. The first-order chi connectivity index (χ1) is 21.1. The van der Waals surface area contributed by atoms with Crippen LogP contribution in [0.4, 0.5) is 0 Å². The first-order valence-electron chi connectivity index (χ1n) is 15.0. The zero-order valence-electron chi connectivity index (χ0n) is 27.0. The van der Waals surface area contributed by atoms with Crippen molar-refractivity contribution in [3.05, 3.63) is 54.2 Å². The van der Waals surface area contributed by atoms with Crippen molar-refractivity contribution in [1.82, 2.24) is 20.1 Å². The molecule has 45 heavy (non-hydrogen) atoms. The molecule has 0 unspecified atom stereocenters. The zero-order chi connectivity index (χ0) is 33.5. The smallest absolute Gasteiger partial charge is 0.507 e. The second-order valence-electron chi connectivity index (χ2n) is 12.3. The molecule has 1 aliphatic heterocycles. The van der Waals surface area contributed by atoms with Crippen LogP contribution in [0.5, 0.6) is 0 Å². The molecular weight excluding hydrogens is 579 g/mol. The number of benzene rings is 1. The van der Waals surface area contributed by atoms with Gasteiger partial charge in [0.05, 0.1) is 24.6 Å². The van der Waals surface area contributed by atoms with Gasteiger partial charge in [0.25, 0.3) is 5.91 Å². The van der Waals surface area contributed by atoms with E-state index in [-0.39, 0.29) is 18.0 Å². The Labute approximate surface area is 264 Å². The summed E-state index contributed by atoms with van der Waals surface area (Å²) in [6.07, 6.45) is -1.93. The van der Waals surface area contributed by atoms with E-state index in [1.807, 2.05) is 44.2 Å². The number of carbonyl (C=O) groups excluding carboxylic acids is 5. The lowest BCUT2D eigenvalue weighted by molar-refractivity contribution is -0.153. The van der Waals surface area contributed by atoms with E-state index < -0.39 is 73.0 Å². The highest BCUT2D eigenvalue weighted by molar-refractivity contribution is 6.51. The number of ketones is 1. The molecule has 0 bridgehead atoms. The molecule has 0 aliphatic carbocycles. The number of aliphatic hydroxyl groups is 1. The van der Waals surface area contributed by atoms with E-state index >= 15 is 0 Å². The molecule has 1 aromatic heterocycles. The van der Waals surface area contributed by atoms with Crippen molar-refractivity contribution in [1.29, 1.82) is 0 Å². The number of amides is 3. The number of hydrogen-bond donors (Lipinski definition) is 2. The number of aromatic nitrogens is 1. The van der Waals surface area contributed by atoms with Gasteiger partial charge in [-0.3, -0.25) is 24.0 Å². The van der Waals surface area contributed by atoms with Crippen molar-refractivity contribution in [2.45, 2.75) is 70.0 Å². The van der Waals surface area contributed by atoms with E-state index in [4.69, 9.17) is 9.31 Å². The normalized spacial score (nSPS) is 16.0. The molecule has 2 N–H and O–H groups in total. The van der Waals surface area contributed by atoms with Crippen LogP contribution in [0.15, 0.2) is 48.5 Å². The Hall–Kier alpha value is -4.10. The van der Waals surface area contributed by atoms with Crippen molar-refractivity contribution in [3.8, 4) is 11.3 Å². The van der Waals surface area contributed by atoms with E-state index in [0.29, 0.717) is 12.1 Å². The SMILES string of the molecule is CC(C)C[C@H](CC(=O)[C@@H](NC(=O)c1cccc(-c2ccccc2)n1)[C@@H](C)O)B1OC(=O)C(CC(=O)N(C)C)(CC(=O)N(C)C)O1. The lowest BCUT2D eigenvalue weighted by Crippen LogP contribution is -2.49. The quantitative estimate of drug-likeness (QED) is 0.302. The minimum absolute atomic E-state index is 0.0384. The summed E-state index contributed by atoms with van der Waals surface area (Å²) < 4.78 is 11.8. The topological polar surface area (TPSA) is 155 Å². The molecule has 1 fully saturated rings. The summed E-state index contributed by atoms with van der Waals surface area (Å²) >= 11 is 0. The largest absolute Gasteiger partial charge is 0.531 e. The highest BCUT2D eigenvalue weighted by Crippen LogP contribution is 2.38. The van der Waals surface area contributed by atoms with Gasteiger partial charge in [-0.05, 0) is 31.4 Å².